The Bertz CT molecular complexity index is 479. The first kappa shape index (κ1) is 14.1. The number of hydrogen-bond donors (Lipinski definition) is 1. The van der Waals surface area contributed by atoms with Crippen LogP contribution in [0.5, 0.6) is 0 Å². The number of fused-ring (bicyclic) bond motifs is 2. The lowest BCUT2D eigenvalue weighted by Gasteiger charge is -2.38. The Balaban J connectivity index is 1.81. The van der Waals surface area contributed by atoms with Gasteiger partial charge in [-0.25, -0.2) is 0 Å². The molecule has 0 heterocycles. The number of aryl methyl sites for hydroxylation is 2. The summed E-state index contributed by atoms with van der Waals surface area (Å²) in [6, 6.07) is 7.09. The van der Waals surface area contributed by atoms with Crippen molar-refractivity contribution in [2.24, 2.45) is 17.3 Å². The normalized spacial score (nSPS) is 31.9. The number of nitrogens with one attached hydrogen (secondary N) is 1. The van der Waals surface area contributed by atoms with Gasteiger partial charge in [0.05, 0.1) is 0 Å². The van der Waals surface area contributed by atoms with Crippen LogP contribution in [0.2, 0.25) is 0 Å². The van der Waals surface area contributed by atoms with E-state index >= 15 is 0 Å². The van der Waals surface area contributed by atoms with Crippen molar-refractivity contribution in [1.82, 2.24) is 5.32 Å². The molecule has 3 unspecified atom stereocenters. The van der Waals surface area contributed by atoms with Crippen molar-refractivity contribution < 1.29 is 0 Å². The van der Waals surface area contributed by atoms with Gasteiger partial charge in [-0.05, 0) is 80.0 Å². The molecule has 1 nitrogen and oxygen atoms in total. The molecule has 0 saturated heterocycles. The van der Waals surface area contributed by atoms with Gasteiger partial charge in [0.2, 0.25) is 0 Å². The predicted molar refractivity (Wildman–Crippen MR) is 86.0 cm³/mol. The highest BCUT2D eigenvalue weighted by Gasteiger charge is 2.50. The lowest BCUT2D eigenvalue weighted by atomic mass is 9.69. The Morgan fingerprint density at radius 1 is 1.20 bits per heavy atom. The van der Waals surface area contributed by atoms with E-state index in [0.717, 1.165) is 18.4 Å². The molecule has 20 heavy (non-hydrogen) atoms. The minimum atomic E-state index is 0.542. The molecule has 0 radical (unpaired) electrons. The van der Waals surface area contributed by atoms with Crippen LogP contribution in [0.3, 0.4) is 0 Å². The highest BCUT2D eigenvalue weighted by atomic mass is 14.9. The molecule has 1 aromatic rings. The fourth-order valence-corrected chi connectivity index (χ4v) is 4.75. The second-order valence-electron chi connectivity index (χ2n) is 7.32. The third-order valence-corrected chi connectivity index (χ3v) is 5.96. The molecule has 2 bridgehead atoms. The molecule has 3 atom stereocenters. The van der Waals surface area contributed by atoms with Crippen molar-refractivity contribution in [3.8, 4) is 0 Å². The Labute approximate surface area is 124 Å². The highest BCUT2D eigenvalue weighted by Crippen LogP contribution is 2.57. The number of benzene rings is 1. The SMILES string of the molecule is CCNCC1(Cc2ccc(C)c(C)c2)CC2CCC1C2. The van der Waals surface area contributed by atoms with Gasteiger partial charge in [-0.15, -0.1) is 0 Å². The van der Waals surface area contributed by atoms with Crippen LogP contribution in [0.1, 0.15) is 49.3 Å². The summed E-state index contributed by atoms with van der Waals surface area (Å²) < 4.78 is 0. The molecule has 2 aliphatic rings. The summed E-state index contributed by atoms with van der Waals surface area (Å²) in [4.78, 5) is 0. The van der Waals surface area contributed by atoms with Crippen molar-refractivity contribution in [2.75, 3.05) is 13.1 Å². The van der Waals surface area contributed by atoms with Gasteiger partial charge in [0, 0.05) is 6.54 Å². The van der Waals surface area contributed by atoms with Crippen molar-refractivity contribution in [3.05, 3.63) is 34.9 Å². The third kappa shape index (κ3) is 2.53. The van der Waals surface area contributed by atoms with Crippen LogP contribution in [-0.4, -0.2) is 13.1 Å². The maximum absolute atomic E-state index is 3.66. The molecule has 0 amide bonds. The summed E-state index contributed by atoms with van der Waals surface area (Å²) >= 11 is 0. The number of rotatable bonds is 5. The maximum atomic E-state index is 3.66. The van der Waals surface area contributed by atoms with Gasteiger partial charge < -0.3 is 5.32 Å². The molecular formula is C19H29N. The van der Waals surface area contributed by atoms with E-state index in [-0.39, 0.29) is 0 Å². The van der Waals surface area contributed by atoms with Crippen LogP contribution in [-0.2, 0) is 6.42 Å². The largest absolute Gasteiger partial charge is 0.316 e. The quantitative estimate of drug-likeness (QED) is 0.843. The summed E-state index contributed by atoms with van der Waals surface area (Å²) in [5.41, 5.74) is 4.96. The molecule has 3 rings (SSSR count). The van der Waals surface area contributed by atoms with Crippen LogP contribution >= 0.6 is 0 Å². The zero-order chi connectivity index (χ0) is 14.2. The smallest absolute Gasteiger partial charge is 0.00136 e. The Hall–Kier alpha value is -0.820. The second kappa shape index (κ2) is 5.52. The Morgan fingerprint density at radius 2 is 2.05 bits per heavy atom. The minimum absolute atomic E-state index is 0.542. The van der Waals surface area contributed by atoms with E-state index in [1.807, 2.05) is 0 Å². The molecule has 2 aliphatic carbocycles. The van der Waals surface area contributed by atoms with Gasteiger partial charge >= 0.3 is 0 Å². The molecule has 0 spiro atoms. The third-order valence-electron chi connectivity index (χ3n) is 5.96. The molecule has 1 aromatic carbocycles. The molecular weight excluding hydrogens is 242 g/mol. The Kier molecular flexibility index (Phi) is 3.90. The van der Waals surface area contributed by atoms with Gasteiger partial charge in [0.15, 0.2) is 0 Å². The van der Waals surface area contributed by atoms with E-state index in [1.165, 1.54) is 49.8 Å². The average molecular weight is 271 g/mol. The van der Waals surface area contributed by atoms with Gasteiger partial charge in [0.1, 0.15) is 0 Å². The first-order valence-corrected chi connectivity index (χ1v) is 8.40. The molecule has 1 N–H and O–H groups in total. The van der Waals surface area contributed by atoms with E-state index in [2.05, 4.69) is 44.3 Å². The standard InChI is InChI=1S/C19H29N/c1-4-20-13-19(12-17-7-8-18(19)10-17)11-16-6-5-14(2)15(3)9-16/h5-6,9,17-18,20H,4,7-8,10-13H2,1-3H3. The van der Waals surface area contributed by atoms with Crippen LogP contribution in [0.15, 0.2) is 18.2 Å². The van der Waals surface area contributed by atoms with E-state index in [0.29, 0.717) is 5.41 Å². The van der Waals surface area contributed by atoms with Gasteiger partial charge in [-0.2, -0.15) is 0 Å². The molecule has 0 aliphatic heterocycles. The van der Waals surface area contributed by atoms with E-state index in [4.69, 9.17) is 0 Å². The lowest BCUT2D eigenvalue weighted by Crippen LogP contribution is -2.40. The molecule has 110 valence electrons. The van der Waals surface area contributed by atoms with Gasteiger partial charge in [-0.1, -0.05) is 31.5 Å². The topological polar surface area (TPSA) is 12.0 Å². The van der Waals surface area contributed by atoms with Crippen LogP contribution in [0.4, 0.5) is 0 Å². The number of hydrogen-bond acceptors (Lipinski definition) is 1. The van der Waals surface area contributed by atoms with Gasteiger partial charge in [0.25, 0.3) is 0 Å². The lowest BCUT2D eigenvalue weighted by molar-refractivity contribution is 0.157. The summed E-state index contributed by atoms with van der Waals surface area (Å²) in [6.45, 7) is 9.02. The summed E-state index contributed by atoms with van der Waals surface area (Å²) in [7, 11) is 0. The molecule has 2 fully saturated rings. The Morgan fingerprint density at radius 3 is 2.65 bits per heavy atom. The summed E-state index contributed by atoms with van der Waals surface area (Å²) in [6.07, 6.45) is 7.20. The van der Waals surface area contributed by atoms with Crippen molar-refractivity contribution >= 4 is 0 Å². The minimum Gasteiger partial charge on any atom is -0.316 e. The zero-order valence-corrected chi connectivity index (χ0v) is 13.3. The van der Waals surface area contributed by atoms with E-state index in [1.54, 1.807) is 5.56 Å². The molecule has 1 heteroatoms. The second-order valence-corrected chi connectivity index (χ2v) is 7.32. The van der Waals surface area contributed by atoms with Crippen LogP contribution < -0.4 is 5.32 Å². The first-order valence-electron chi connectivity index (χ1n) is 8.40. The monoisotopic (exact) mass is 271 g/mol. The highest BCUT2D eigenvalue weighted by molar-refractivity contribution is 5.31. The fourth-order valence-electron chi connectivity index (χ4n) is 4.75. The fraction of sp³-hybridized carbons (Fsp3) is 0.684. The first-order chi connectivity index (χ1) is 9.63. The maximum Gasteiger partial charge on any atom is 0.00136 e. The van der Waals surface area contributed by atoms with E-state index < -0.39 is 0 Å². The molecule has 0 aromatic heterocycles. The van der Waals surface area contributed by atoms with Crippen LogP contribution in [0.25, 0.3) is 0 Å². The van der Waals surface area contributed by atoms with Crippen LogP contribution in [0, 0.1) is 31.1 Å². The van der Waals surface area contributed by atoms with E-state index in [9.17, 15) is 0 Å². The summed E-state index contributed by atoms with van der Waals surface area (Å²) in [5, 5.41) is 3.66. The zero-order valence-electron chi connectivity index (χ0n) is 13.3. The predicted octanol–water partition coefficient (Wildman–Crippen LogP) is 4.26. The average Bonchev–Trinajstić information content (AvgIpc) is 3.02. The van der Waals surface area contributed by atoms with Crippen molar-refractivity contribution in [1.29, 1.82) is 0 Å². The van der Waals surface area contributed by atoms with Crippen molar-refractivity contribution in [3.63, 3.8) is 0 Å². The van der Waals surface area contributed by atoms with Crippen molar-refractivity contribution in [2.45, 2.75) is 52.9 Å². The molecule has 2 saturated carbocycles. The van der Waals surface area contributed by atoms with Gasteiger partial charge in [-0.3, -0.25) is 0 Å². The summed E-state index contributed by atoms with van der Waals surface area (Å²) in [5.74, 6) is 1.98.